The third-order valence-corrected chi connectivity index (χ3v) is 5.32. The number of phenols is 1. The minimum absolute atomic E-state index is 0.0538. The summed E-state index contributed by atoms with van der Waals surface area (Å²) in [4.78, 5) is 25.0. The molecule has 0 radical (unpaired) electrons. The SMILES string of the molecule is O=C(N/N=C/c1c(OC(=O)c2ccc(Cl)cc2Cl)ccc2ccccc12)c1ccc(O)cc1. The summed E-state index contributed by atoms with van der Waals surface area (Å²) in [5, 5.41) is 15.6. The molecule has 0 aliphatic carbocycles. The highest BCUT2D eigenvalue weighted by atomic mass is 35.5. The van der Waals surface area contributed by atoms with Crippen LogP contribution in [0.3, 0.4) is 0 Å². The molecule has 4 aromatic rings. The van der Waals surface area contributed by atoms with Gasteiger partial charge in [0.1, 0.15) is 11.5 Å². The number of hydrogen-bond acceptors (Lipinski definition) is 5. The van der Waals surface area contributed by atoms with Gasteiger partial charge < -0.3 is 9.84 Å². The molecule has 4 rings (SSSR count). The fourth-order valence-corrected chi connectivity index (χ4v) is 3.63. The minimum Gasteiger partial charge on any atom is -0.508 e. The number of hydrazone groups is 1. The first kappa shape index (κ1) is 22.3. The van der Waals surface area contributed by atoms with Gasteiger partial charge in [0.15, 0.2) is 0 Å². The van der Waals surface area contributed by atoms with Crippen LogP contribution in [0.15, 0.2) is 84.0 Å². The maximum absolute atomic E-state index is 12.7. The normalized spacial score (nSPS) is 11.0. The van der Waals surface area contributed by atoms with Crippen molar-refractivity contribution in [2.75, 3.05) is 0 Å². The number of nitrogens with one attached hydrogen (secondary N) is 1. The van der Waals surface area contributed by atoms with E-state index in [2.05, 4.69) is 10.5 Å². The van der Waals surface area contributed by atoms with Gasteiger partial charge in [-0.2, -0.15) is 5.10 Å². The Morgan fingerprint density at radius 3 is 2.45 bits per heavy atom. The lowest BCUT2D eigenvalue weighted by Crippen LogP contribution is -2.17. The van der Waals surface area contributed by atoms with Crippen LogP contribution in [0.25, 0.3) is 10.8 Å². The number of ether oxygens (including phenoxy) is 1. The van der Waals surface area contributed by atoms with Crippen LogP contribution in [0.2, 0.25) is 10.0 Å². The second-order valence-electron chi connectivity index (χ2n) is 6.96. The molecular weight excluding hydrogens is 463 g/mol. The lowest BCUT2D eigenvalue weighted by molar-refractivity contribution is 0.0734. The summed E-state index contributed by atoms with van der Waals surface area (Å²) in [7, 11) is 0. The van der Waals surface area contributed by atoms with Crippen molar-refractivity contribution in [2.45, 2.75) is 0 Å². The predicted octanol–water partition coefficient (Wildman–Crippen LogP) is 5.84. The minimum atomic E-state index is -0.658. The number of phenolic OH excluding ortho intramolecular Hbond substituents is 1. The summed E-state index contributed by atoms with van der Waals surface area (Å²) in [6, 6.07) is 21.2. The number of esters is 1. The number of hydrogen-bond donors (Lipinski definition) is 2. The number of carbonyl (C=O) groups excluding carboxylic acids is 2. The Labute approximate surface area is 199 Å². The Morgan fingerprint density at radius 2 is 1.70 bits per heavy atom. The highest BCUT2D eigenvalue weighted by Gasteiger charge is 2.16. The number of fused-ring (bicyclic) bond motifs is 1. The van der Waals surface area contributed by atoms with Crippen molar-refractivity contribution in [1.82, 2.24) is 5.43 Å². The van der Waals surface area contributed by atoms with Crippen LogP contribution >= 0.6 is 23.2 Å². The third-order valence-electron chi connectivity index (χ3n) is 4.77. The van der Waals surface area contributed by atoms with Crippen molar-refractivity contribution in [1.29, 1.82) is 0 Å². The van der Waals surface area contributed by atoms with Gasteiger partial charge in [-0.05, 0) is 59.3 Å². The predicted molar refractivity (Wildman–Crippen MR) is 129 cm³/mol. The van der Waals surface area contributed by atoms with Gasteiger partial charge in [0.05, 0.1) is 16.8 Å². The molecule has 4 aromatic carbocycles. The van der Waals surface area contributed by atoms with E-state index in [-0.39, 0.29) is 22.1 Å². The number of amides is 1. The third kappa shape index (κ3) is 5.14. The summed E-state index contributed by atoms with van der Waals surface area (Å²) in [6.07, 6.45) is 1.41. The molecule has 2 N–H and O–H groups in total. The lowest BCUT2D eigenvalue weighted by Gasteiger charge is -2.11. The largest absolute Gasteiger partial charge is 0.508 e. The monoisotopic (exact) mass is 478 g/mol. The molecule has 0 saturated carbocycles. The maximum atomic E-state index is 12.7. The Balaban J connectivity index is 1.63. The summed E-state index contributed by atoms with van der Waals surface area (Å²) >= 11 is 12.0. The van der Waals surface area contributed by atoms with Gasteiger partial charge >= 0.3 is 5.97 Å². The van der Waals surface area contributed by atoms with Crippen LogP contribution in [-0.2, 0) is 0 Å². The summed E-state index contributed by atoms with van der Waals surface area (Å²) in [5.41, 5.74) is 3.42. The number of nitrogens with zero attached hydrogens (tertiary/aromatic N) is 1. The molecule has 0 aliphatic heterocycles. The molecule has 8 heteroatoms. The summed E-state index contributed by atoms with van der Waals surface area (Å²) in [5.74, 6) is -0.821. The van der Waals surface area contributed by atoms with E-state index in [9.17, 15) is 14.7 Å². The van der Waals surface area contributed by atoms with Crippen molar-refractivity contribution in [3.05, 3.63) is 106 Å². The zero-order valence-electron chi connectivity index (χ0n) is 17.0. The number of halogens is 2. The first-order valence-corrected chi connectivity index (χ1v) is 10.5. The van der Waals surface area contributed by atoms with Crippen LogP contribution in [0, 0.1) is 0 Å². The smallest absolute Gasteiger partial charge is 0.345 e. The molecule has 33 heavy (non-hydrogen) atoms. The molecule has 0 spiro atoms. The number of carbonyl (C=O) groups is 2. The number of aromatic hydroxyl groups is 1. The highest BCUT2D eigenvalue weighted by molar-refractivity contribution is 6.36. The fourth-order valence-electron chi connectivity index (χ4n) is 3.14. The fraction of sp³-hybridized carbons (Fsp3) is 0. The zero-order valence-corrected chi connectivity index (χ0v) is 18.5. The average Bonchev–Trinajstić information content (AvgIpc) is 2.80. The van der Waals surface area contributed by atoms with Gasteiger partial charge in [0.2, 0.25) is 0 Å². The molecule has 0 atom stereocenters. The molecule has 1 amide bonds. The standard InChI is InChI=1S/C25H16Cl2N2O4/c26-17-8-11-20(22(27)13-17)25(32)33-23-12-7-15-3-1-2-4-19(15)21(23)14-28-29-24(31)16-5-9-18(30)10-6-16/h1-14,30H,(H,29,31)/b28-14+. The molecule has 0 unspecified atom stereocenters. The van der Waals surface area contributed by atoms with Crippen molar-refractivity contribution >= 4 is 52.1 Å². The van der Waals surface area contributed by atoms with Gasteiger partial charge in [-0.1, -0.05) is 53.5 Å². The van der Waals surface area contributed by atoms with Gasteiger partial charge in [-0.3, -0.25) is 4.79 Å². The van der Waals surface area contributed by atoms with Crippen LogP contribution in [0.1, 0.15) is 26.3 Å². The molecule has 0 aliphatic rings. The van der Waals surface area contributed by atoms with Gasteiger partial charge in [0.25, 0.3) is 5.91 Å². The van der Waals surface area contributed by atoms with Crippen LogP contribution in [-0.4, -0.2) is 23.2 Å². The number of benzene rings is 4. The van der Waals surface area contributed by atoms with E-state index in [1.54, 1.807) is 12.1 Å². The molecule has 0 heterocycles. The molecule has 6 nitrogen and oxygen atoms in total. The summed E-state index contributed by atoms with van der Waals surface area (Å²) < 4.78 is 5.62. The van der Waals surface area contributed by atoms with Gasteiger partial charge in [-0.25, -0.2) is 10.2 Å². The van der Waals surface area contributed by atoms with Crippen molar-refractivity contribution in [3.63, 3.8) is 0 Å². The quantitative estimate of drug-likeness (QED) is 0.163. The molecular formula is C25H16Cl2N2O4. The first-order chi connectivity index (χ1) is 15.9. The molecule has 0 bridgehead atoms. The van der Waals surface area contributed by atoms with Gasteiger partial charge in [0, 0.05) is 16.1 Å². The molecule has 0 fully saturated rings. The Hall–Kier alpha value is -3.87. The van der Waals surface area contributed by atoms with E-state index in [1.807, 2.05) is 30.3 Å². The van der Waals surface area contributed by atoms with E-state index in [1.165, 1.54) is 42.6 Å². The van der Waals surface area contributed by atoms with E-state index < -0.39 is 11.9 Å². The van der Waals surface area contributed by atoms with Crippen molar-refractivity contribution < 1.29 is 19.4 Å². The molecule has 0 saturated heterocycles. The van der Waals surface area contributed by atoms with Crippen molar-refractivity contribution in [3.8, 4) is 11.5 Å². The first-order valence-electron chi connectivity index (χ1n) is 9.74. The van der Waals surface area contributed by atoms with E-state index >= 15 is 0 Å². The van der Waals surface area contributed by atoms with E-state index in [0.717, 1.165) is 10.8 Å². The second kappa shape index (κ2) is 9.73. The Morgan fingerprint density at radius 1 is 0.939 bits per heavy atom. The molecule has 0 aromatic heterocycles. The highest BCUT2D eigenvalue weighted by Crippen LogP contribution is 2.29. The van der Waals surface area contributed by atoms with E-state index in [0.29, 0.717) is 16.1 Å². The zero-order chi connectivity index (χ0) is 23.4. The van der Waals surface area contributed by atoms with Crippen LogP contribution < -0.4 is 10.2 Å². The van der Waals surface area contributed by atoms with Gasteiger partial charge in [-0.15, -0.1) is 0 Å². The Bertz CT molecular complexity index is 1390. The van der Waals surface area contributed by atoms with Crippen LogP contribution in [0.4, 0.5) is 0 Å². The lowest BCUT2D eigenvalue weighted by atomic mass is 10.0. The maximum Gasteiger partial charge on any atom is 0.345 e. The Kier molecular flexibility index (Phi) is 6.58. The van der Waals surface area contributed by atoms with Crippen molar-refractivity contribution in [2.24, 2.45) is 5.10 Å². The molecule has 164 valence electrons. The average molecular weight is 479 g/mol. The van der Waals surface area contributed by atoms with E-state index in [4.69, 9.17) is 27.9 Å². The second-order valence-corrected chi connectivity index (χ2v) is 7.80. The number of rotatable bonds is 5. The topological polar surface area (TPSA) is 88.0 Å². The van der Waals surface area contributed by atoms with Crippen LogP contribution in [0.5, 0.6) is 11.5 Å². The summed E-state index contributed by atoms with van der Waals surface area (Å²) in [6.45, 7) is 0.